The van der Waals surface area contributed by atoms with Crippen molar-refractivity contribution in [2.45, 2.75) is 26.9 Å². The molecule has 0 spiro atoms. The average molecular weight is 235 g/mol. The third-order valence-electron chi connectivity index (χ3n) is 2.46. The Morgan fingerprint density at radius 1 is 1.35 bits per heavy atom. The minimum Gasteiger partial charge on any atom is -0.473 e. The molecule has 0 saturated heterocycles. The van der Waals surface area contributed by atoms with Crippen LogP contribution in [-0.2, 0) is 0 Å². The average Bonchev–Trinajstić information content (AvgIpc) is 2.72. The molecule has 92 valence electrons. The summed E-state index contributed by atoms with van der Waals surface area (Å²) in [6.45, 7) is 6.86. The highest BCUT2D eigenvalue weighted by molar-refractivity contribution is 5.76. The fourth-order valence-electron chi connectivity index (χ4n) is 1.51. The van der Waals surface area contributed by atoms with Crippen LogP contribution in [0.3, 0.4) is 0 Å². The van der Waals surface area contributed by atoms with Crippen molar-refractivity contribution in [1.29, 1.82) is 0 Å². The topological polar surface area (TPSA) is 56.1 Å². The SMILES string of the molecule is CCN(C)n1cnc2c(OC(C)C)ncnc21. The van der Waals surface area contributed by atoms with Crippen LogP contribution < -0.4 is 9.75 Å². The molecule has 0 radical (unpaired) electrons. The molecular formula is C11H17N5O. The summed E-state index contributed by atoms with van der Waals surface area (Å²) in [5, 5.41) is 2.02. The van der Waals surface area contributed by atoms with Crippen molar-refractivity contribution in [1.82, 2.24) is 19.6 Å². The molecule has 0 atom stereocenters. The van der Waals surface area contributed by atoms with E-state index < -0.39 is 0 Å². The first-order valence-corrected chi connectivity index (χ1v) is 5.69. The van der Waals surface area contributed by atoms with Crippen LogP contribution >= 0.6 is 0 Å². The van der Waals surface area contributed by atoms with E-state index in [1.54, 1.807) is 6.33 Å². The number of nitrogens with zero attached hydrogens (tertiary/aromatic N) is 5. The van der Waals surface area contributed by atoms with Crippen molar-refractivity contribution < 1.29 is 4.74 Å². The molecule has 0 N–H and O–H groups in total. The molecule has 2 aromatic rings. The molecule has 0 amide bonds. The number of aromatic nitrogens is 4. The Kier molecular flexibility index (Phi) is 3.12. The highest BCUT2D eigenvalue weighted by atomic mass is 16.5. The van der Waals surface area contributed by atoms with Crippen LogP contribution in [0.25, 0.3) is 11.2 Å². The summed E-state index contributed by atoms with van der Waals surface area (Å²) in [7, 11) is 1.98. The fourth-order valence-corrected chi connectivity index (χ4v) is 1.51. The minimum atomic E-state index is 0.0714. The maximum atomic E-state index is 5.61. The van der Waals surface area contributed by atoms with Gasteiger partial charge in [0.1, 0.15) is 12.7 Å². The van der Waals surface area contributed by atoms with E-state index in [1.807, 2.05) is 30.6 Å². The van der Waals surface area contributed by atoms with Crippen LogP contribution in [-0.4, -0.2) is 39.3 Å². The van der Waals surface area contributed by atoms with Crippen molar-refractivity contribution in [2.24, 2.45) is 0 Å². The van der Waals surface area contributed by atoms with E-state index >= 15 is 0 Å². The molecule has 0 aliphatic heterocycles. The summed E-state index contributed by atoms with van der Waals surface area (Å²) in [4.78, 5) is 12.7. The van der Waals surface area contributed by atoms with Gasteiger partial charge in [0.15, 0.2) is 11.2 Å². The number of imidazole rings is 1. The van der Waals surface area contributed by atoms with E-state index in [9.17, 15) is 0 Å². The Balaban J connectivity index is 2.49. The molecule has 17 heavy (non-hydrogen) atoms. The van der Waals surface area contributed by atoms with Crippen molar-refractivity contribution in [3.8, 4) is 5.88 Å². The molecule has 2 rings (SSSR count). The molecule has 2 aromatic heterocycles. The Hall–Kier alpha value is -1.85. The Bertz CT molecular complexity index is 508. The lowest BCUT2D eigenvalue weighted by Gasteiger charge is -2.17. The van der Waals surface area contributed by atoms with Gasteiger partial charge in [-0.1, -0.05) is 0 Å². The quantitative estimate of drug-likeness (QED) is 0.797. The molecule has 0 unspecified atom stereocenters. The minimum absolute atomic E-state index is 0.0714. The largest absolute Gasteiger partial charge is 0.473 e. The molecule has 0 aliphatic rings. The predicted octanol–water partition coefficient (Wildman–Crippen LogP) is 1.20. The van der Waals surface area contributed by atoms with Gasteiger partial charge in [0.2, 0.25) is 5.88 Å². The number of ether oxygens (including phenoxy) is 1. The predicted molar refractivity (Wildman–Crippen MR) is 65.8 cm³/mol. The lowest BCUT2D eigenvalue weighted by Crippen LogP contribution is -2.28. The molecule has 0 fully saturated rings. The summed E-state index contributed by atoms with van der Waals surface area (Å²) in [5.74, 6) is 0.535. The molecule has 2 heterocycles. The summed E-state index contributed by atoms with van der Waals surface area (Å²) in [5.41, 5.74) is 1.46. The lowest BCUT2D eigenvalue weighted by molar-refractivity contribution is 0.235. The summed E-state index contributed by atoms with van der Waals surface area (Å²) >= 11 is 0. The molecule has 6 nitrogen and oxygen atoms in total. The number of hydrogen-bond acceptors (Lipinski definition) is 5. The summed E-state index contributed by atoms with van der Waals surface area (Å²) < 4.78 is 7.50. The molecular weight excluding hydrogens is 218 g/mol. The second-order valence-corrected chi connectivity index (χ2v) is 4.08. The zero-order valence-electron chi connectivity index (χ0n) is 10.6. The number of rotatable bonds is 4. The van der Waals surface area contributed by atoms with E-state index in [-0.39, 0.29) is 6.10 Å². The molecule has 0 bridgehead atoms. The van der Waals surface area contributed by atoms with Crippen LogP contribution in [0, 0.1) is 0 Å². The number of hydrogen-bond donors (Lipinski definition) is 0. The van der Waals surface area contributed by atoms with Gasteiger partial charge in [0.25, 0.3) is 0 Å². The van der Waals surface area contributed by atoms with Gasteiger partial charge in [-0.25, -0.2) is 14.6 Å². The third kappa shape index (κ3) is 2.15. The van der Waals surface area contributed by atoms with Gasteiger partial charge in [-0.05, 0) is 20.8 Å². The highest BCUT2D eigenvalue weighted by Crippen LogP contribution is 2.20. The van der Waals surface area contributed by atoms with Gasteiger partial charge in [-0.3, -0.25) is 0 Å². The third-order valence-corrected chi connectivity index (χ3v) is 2.46. The van der Waals surface area contributed by atoms with Gasteiger partial charge >= 0.3 is 0 Å². The zero-order valence-corrected chi connectivity index (χ0v) is 10.6. The summed E-state index contributed by atoms with van der Waals surface area (Å²) in [6, 6.07) is 0. The smallest absolute Gasteiger partial charge is 0.245 e. The van der Waals surface area contributed by atoms with E-state index in [2.05, 4.69) is 21.9 Å². The standard InChI is InChI=1S/C11H17N5O/c1-5-15(4)16-7-14-9-10(16)12-6-13-11(9)17-8(2)3/h6-8H,5H2,1-4H3. The zero-order chi connectivity index (χ0) is 12.4. The maximum Gasteiger partial charge on any atom is 0.245 e. The van der Waals surface area contributed by atoms with Gasteiger partial charge in [0, 0.05) is 13.6 Å². The Morgan fingerprint density at radius 2 is 2.12 bits per heavy atom. The van der Waals surface area contributed by atoms with E-state index in [4.69, 9.17) is 4.74 Å². The van der Waals surface area contributed by atoms with Gasteiger partial charge in [-0.2, -0.15) is 4.98 Å². The van der Waals surface area contributed by atoms with Crippen molar-refractivity contribution in [2.75, 3.05) is 18.6 Å². The van der Waals surface area contributed by atoms with Crippen LogP contribution in [0.1, 0.15) is 20.8 Å². The first kappa shape index (κ1) is 11.6. The highest BCUT2D eigenvalue weighted by Gasteiger charge is 2.13. The van der Waals surface area contributed by atoms with Crippen molar-refractivity contribution in [3.05, 3.63) is 12.7 Å². The maximum absolute atomic E-state index is 5.61. The van der Waals surface area contributed by atoms with E-state index in [0.29, 0.717) is 11.4 Å². The van der Waals surface area contributed by atoms with E-state index in [0.717, 1.165) is 12.2 Å². The van der Waals surface area contributed by atoms with Gasteiger partial charge < -0.3 is 9.75 Å². The van der Waals surface area contributed by atoms with Crippen LogP contribution in [0.5, 0.6) is 5.88 Å². The Morgan fingerprint density at radius 3 is 2.76 bits per heavy atom. The Labute approximate surface area is 100 Å². The van der Waals surface area contributed by atoms with E-state index in [1.165, 1.54) is 6.33 Å². The van der Waals surface area contributed by atoms with Crippen molar-refractivity contribution in [3.63, 3.8) is 0 Å². The van der Waals surface area contributed by atoms with Crippen LogP contribution in [0.4, 0.5) is 0 Å². The molecule has 0 saturated carbocycles. The summed E-state index contributed by atoms with van der Waals surface area (Å²) in [6.07, 6.45) is 3.31. The first-order chi connectivity index (χ1) is 8.13. The second kappa shape index (κ2) is 4.57. The monoisotopic (exact) mass is 235 g/mol. The molecule has 0 aliphatic carbocycles. The normalized spacial score (nSPS) is 11.1. The van der Waals surface area contributed by atoms with Gasteiger partial charge in [-0.15, -0.1) is 0 Å². The molecule has 6 heteroatoms. The van der Waals surface area contributed by atoms with Crippen LogP contribution in [0.2, 0.25) is 0 Å². The molecule has 0 aromatic carbocycles. The first-order valence-electron chi connectivity index (χ1n) is 5.69. The number of fused-ring (bicyclic) bond motifs is 1. The van der Waals surface area contributed by atoms with Crippen LogP contribution in [0.15, 0.2) is 12.7 Å². The van der Waals surface area contributed by atoms with Gasteiger partial charge in [0.05, 0.1) is 6.10 Å². The lowest BCUT2D eigenvalue weighted by atomic mass is 10.4. The van der Waals surface area contributed by atoms with Crippen molar-refractivity contribution >= 4 is 11.2 Å². The fraction of sp³-hybridized carbons (Fsp3) is 0.545. The second-order valence-electron chi connectivity index (χ2n) is 4.08.